The predicted molar refractivity (Wildman–Crippen MR) is 155 cm³/mol. The van der Waals surface area contributed by atoms with E-state index in [1.165, 1.54) is 18.3 Å². The van der Waals surface area contributed by atoms with E-state index in [0.29, 0.717) is 40.6 Å². The average molecular weight is 547 g/mol. The van der Waals surface area contributed by atoms with E-state index in [4.69, 9.17) is 23.1 Å². The summed E-state index contributed by atoms with van der Waals surface area (Å²) in [6, 6.07) is 14.2. The highest BCUT2D eigenvalue weighted by molar-refractivity contribution is 5.95. The van der Waals surface area contributed by atoms with Gasteiger partial charge in [0.15, 0.2) is 5.82 Å². The number of aliphatic carboxylic acids is 2. The Morgan fingerprint density at radius 3 is 2.20 bits per heavy atom. The molecule has 0 aliphatic rings. The zero-order chi connectivity index (χ0) is 29.4. The van der Waals surface area contributed by atoms with Gasteiger partial charge in [-0.15, -0.1) is 0 Å². The lowest BCUT2D eigenvalue weighted by Crippen LogP contribution is -2.03. The highest BCUT2D eigenvalue weighted by Gasteiger charge is 2.17. The molecular weight excluding hydrogens is 520 g/mol. The van der Waals surface area contributed by atoms with Crippen molar-refractivity contribution < 1.29 is 19.8 Å². The summed E-state index contributed by atoms with van der Waals surface area (Å²) in [4.78, 5) is 43.2. The number of carboxylic acids is 2. The molecule has 3 heterocycles. The summed E-state index contributed by atoms with van der Waals surface area (Å²) in [6.45, 7) is 17.3. The minimum atomic E-state index is -1.35. The number of unbranched alkanes of at least 4 members (excludes halogenated alkanes) is 3. The van der Waals surface area contributed by atoms with Crippen LogP contribution in [-0.4, -0.2) is 41.7 Å². The molecule has 4 rings (SSSR count). The van der Waals surface area contributed by atoms with Crippen LogP contribution in [0.15, 0.2) is 66.1 Å². The number of carboxylic acid groups (broad SMARTS) is 2. The standard InChI is InChI=1S/C31H26N6O4/c1-4-5-6-9-14-37-28-11-8-7-10-22(28)36-29(37)25-18-21(19-27(33-3)31(40)41)17-24(35-25)23-15-20(12-13-34-23)16-26(32-2)30(38)39/h7-8,10-13,15-19H,4-6,9,14H2,1H3,(H,38,39)(H,40,41)/b26-16+,27-19+. The highest BCUT2D eigenvalue weighted by Crippen LogP contribution is 2.29. The van der Waals surface area contributed by atoms with Gasteiger partial charge in [0.2, 0.25) is 0 Å². The van der Waals surface area contributed by atoms with E-state index < -0.39 is 23.3 Å². The Morgan fingerprint density at radius 1 is 0.854 bits per heavy atom. The van der Waals surface area contributed by atoms with Gasteiger partial charge in [0.05, 0.1) is 35.6 Å². The molecular formula is C31H26N6O4. The summed E-state index contributed by atoms with van der Waals surface area (Å²) in [5.74, 6) is -2.10. The first kappa shape index (κ1) is 28.4. The summed E-state index contributed by atoms with van der Waals surface area (Å²) >= 11 is 0. The molecule has 1 aromatic carbocycles. The van der Waals surface area contributed by atoms with Crippen LogP contribution in [0.5, 0.6) is 0 Å². The van der Waals surface area contributed by atoms with Crippen LogP contribution in [0, 0.1) is 13.1 Å². The summed E-state index contributed by atoms with van der Waals surface area (Å²) in [5, 5.41) is 18.7. The van der Waals surface area contributed by atoms with Crippen molar-refractivity contribution in [2.75, 3.05) is 0 Å². The molecule has 0 unspecified atom stereocenters. The molecule has 0 aliphatic heterocycles. The number of benzene rings is 1. The van der Waals surface area contributed by atoms with Crippen LogP contribution < -0.4 is 0 Å². The second kappa shape index (κ2) is 13.0. The molecule has 0 atom stereocenters. The minimum absolute atomic E-state index is 0.364. The molecule has 204 valence electrons. The van der Waals surface area contributed by atoms with E-state index in [2.05, 4.69) is 26.2 Å². The molecule has 3 aromatic heterocycles. The Hall–Kier alpha value is -5.61. The molecule has 0 saturated carbocycles. The van der Waals surface area contributed by atoms with Gasteiger partial charge in [-0.2, -0.15) is 0 Å². The molecule has 10 heteroatoms. The third-order valence-corrected chi connectivity index (χ3v) is 6.30. The zero-order valence-electron chi connectivity index (χ0n) is 22.3. The SMILES string of the molecule is [C-]#[N+]/C(=C/c1ccnc(-c2cc(/C=C(/[N+]#[C-])C(=O)O)cc(-c3nc4ccccc4n3CCCCCC)n2)c1)C(=O)O. The Balaban J connectivity index is 1.91. The van der Waals surface area contributed by atoms with Crippen molar-refractivity contribution in [2.24, 2.45) is 0 Å². The smallest absolute Gasteiger partial charge is 0.333 e. The quantitative estimate of drug-likeness (QED) is 0.126. The first-order valence-electron chi connectivity index (χ1n) is 12.9. The number of aromatic nitrogens is 4. The second-order valence-corrected chi connectivity index (χ2v) is 9.17. The molecule has 4 aromatic rings. The Kier molecular flexibility index (Phi) is 8.98. The first-order chi connectivity index (χ1) is 19.8. The molecule has 10 nitrogen and oxygen atoms in total. The number of pyridine rings is 2. The number of para-hydroxylation sites is 2. The van der Waals surface area contributed by atoms with Gasteiger partial charge in [-0.05, 0) is 66.1 Å². The van der Waals surface area contributed by atoms with Crippen LogP contribution in [0.25, 0.3) is 55.8 Å². The van der Waals surface area contributed by atoms with Crippen LogP contribution >= 0.6 is 0 Å². The van der Waals surface area contributed by atoms with Gasteiger partial charge >= 0.3 is 11.9 Å². The van der Waals surface area contributed by atoms with Crippen molar-refractivity contribution in [1.82, 2.24) is 19.5 Å². The van der Waals surface area contributed by atoms with E-state index >= 15 is 0 Å². The third-order valence-electron chi connectivity index (χ3n) is 6.30. The van der Waals surface area contributed by atoms with E-state index in [9.17, 15) is 19.8 Å². The topological polar surface area (TPSA) is 127 Å². The predicted octanol–water partition coefficient (Wildman–Crippen LogP) is 6.43. The average Bonchev–Trinajstić information content (AvgIpc) is 3.35. The lowest BCUT2D eigenvalue weighted by atomic mass is 10.1. The van der Waals surface area contributed by atoms with Crippen LogP contribution in [0.3, 0.4) is 0 Å². The minimum Gasteiger partial charge on any atom is -0.486 e. The number of imidazole rings is 1. The summed E-state index contributed by atoms with van der Waals surface area (Å²) in [7, 11) is 0. The molecule has 0 spiro atoms. The van der Waals surface area contributed by atoms with Crippen LogP contribution in [0.4, 0.5) is 0 Å². The van der Waals surface area contributed by atoms with Crippen LogP contribution in [0.1, 0.15) is 43.7 Å². The maximum atomic E-state index is 11.6. The molecule has 0 fully saturated rings. The van der Waals surface area contributed by atoms with Gasteiger partial charge in [-0.1, -0.05) is 38.3 Å². The largest absolute Gasteiger partial charge is 0.486 e. The first-order valence-corrected chi connectivity index (χ1v) is 12.9. The normalized spacial score (nSPS) is 11.7. The summed E-state index contributed by atoms with van der Waals surface area (Å²) in [6.07, 6.45) is 8.20. The zero-order valence-corrected chi connectivity index (χ0v) is 22.3. The van der Waals surface area contributed by atoms with E-state index in [-0.39, 0.29) is 0 Å². The molecule has 2 N–H and O–H groups in total. The third kappa shape index (κ3) is 6.70. The van der Waals surface area contributed by atoms with Crippen molar-refractivity contribution in [3.63, 3.8) is 0 Å². The van der Waals surface area contributed by atoms with Crippen molar-refractivity contribution in [3.05, 3.63) is 100 Å². The van der Waals surface area contributed by atoms with Crippen molar-refractivity contribution in [3.8, 4) is 22.9 Å². The fraction of sp³-hybridized carbons (Fsp3) is 0.194. The number of hydrogen-bond donors (Lipinski definition) is 2. The van der Waals surface area contributed by atoms with Crippen LogP contribution in [-0.2, 0) is 16.1 Å². The maximum Gasteiger partial charge on any atom is 0.333 e. The Morgan fingerprint density at radius 2 is 1.51 bits per heavy atom. The number of aryl methyl sites for hydroxylation is 1. The van der Waals surface area contributed by atoms with Gasteiger partial charge in [-0.3, -0.25) is 14.6 Å². The van der Waals surface area contributed by atoms with Crippen molar-refractivity contribution in [2.45, 2.75) is 39.2 Å². The van der Waals surface area contributed by atoms with Gasteiger partial charge in [-0.25, -0.2) is 19.7 Å². The second-order valence-electron chi connectivity index (χ2n) is 9.17. The van der Waals surface area contributed by atoms with Crippen molar-refractivity contribution in [1.29, 1.82) is 0 Å². The molecule has 0 radical (unpaired) electrons. The lowest BCUT2D eigenvalue weighted by Gasteiger charge is -2.11. The van der Waals surface area contributed by atoms with Crippen LogP contribution in [0.2, 0.25) is 0 Å². The van der Waals surface area contributed by atoms with Gasteiger partial charge in [0.1, 0.15) is 5.69 Å². The Bertz CT molecular complexity index is 1770. The van der Waals surface area contributed by atoms with Gasteiger partial charge < -0.3 is 14.8 Å². The molecule has 0 bridgehead atoms. The van der Waals surface area contributed by atoms with E-state index in [1.54, 1.807) is 24.3 Å². The maximum absolute atomic E-state index is 11.6. The monoisotopic (exact) mass is 546 g/mol. The highest BCUT2D eigenvalue weighted by atomic mass is 16.4. The summed E-state index contributed by atoms with van der Waals surface area (Å²) in [5.41, 5.74) is 2.87. The molecule has 0 aliphatic carbocycles. The lowest BCUT2D eigenvalue weighted by molar-refractivity contribution is -0.133. The molecule has 0 amide bonds. The number of rotatable bonds is 11. The summed E-state index contributed by atoms with van der Waals surface area (Å²) < 4.78 is 2.10. The van der Waals surface area contributed by atoms with E-state index in [1.807, 2.05) is 24.3 Å². The number of fused-ring (bicyclic) bond motifs is 1. The fourth-order valence-electron chi connectivity index (χ4n) is 4.35. The van der Waals surface area contributed by atoms with Gasteiger partial charge in [0, 0.05) is 12.7 Å². The Labute approximate surface area is 236 Å². The molecule has 0 saturated heterocycles. The van der Waals surface area contributed by atoms with E-state index in [0.717, 1.165) is 36.7 Å². The van der Waals surface area contributed by atoms with Crippen molar-refractivity contribution >= 4 is 35.1 Å². The van der Waals surface area contributed by atoms with Gasteiger partial charge in [0.25, 0.3) is 11.4 Å². The number of nitrogens with zero attached hydrogens (tertiary/aromatic N) is 6. The fourth-order valence-corrected chi connectivity index (χ4v) is 4.35. The number of hydrogen-bond acceptors (Lipinski definition) is 5. The molecule has 41 heavy (non-hydrogen) atoms. The number of carbonyl (C=O) groups is 2.